The first-order valence-corrected chi connectivity index (χ1v) is 11.1. The smallest absolute Gasteiger partial charge is 0.256 e. The van der Waals surface area contributed by atoms with E-state index in [1.54, 1.807) is 36.9 Å². The van der Waals surface area contributed by atoms with Crippen LogP contribution in [0.3, 0.4) is 0 Å². The SMILES string of the molecule is O=C(c1cccnc1)N1CCCCC1c1nc(Nc2ccccc2)cc(-c2ccncc2)n1. The molecule has 164 valence electrons. The molecule has 5 rings (SSSR count). The third-order valence-electron chi connectivity index (χ3n) is 5.74. The van der Waals surface area contributed by atoms with Crippen LogP contribution in [0.25, 0.3) is 11.3 Å². The van der Waals surface area contributed by atoms with Crippen LogP contribution in [-0.2, 0) is 0 Å². The fraction of sp³-hybridized carbons (Fsp3) is 0.192. The first-order chi connectivity index (χ1) is 16.3. The van der Waals surface area contributed by atoms with E-state index in [0.717, 1.165) is 36.2 Å². The van der Waals surface area contributed by atoms with Crippen LogP contribution in [0.1, 0.15) is 41.5 Å². The van der Waals surface area contributed by atoms with Crippen LogP contribution in [0.5, 0.6) is 0 Å². The van der Waals surface area contributed by atoms with Crippen molar-refractivity contribution >= 4 is 17.4 Å². The van der Waals surface area contributed by atoms with Gasteiger partial charge in [0.1, 0.15) is 5.82 Å². The maximum Gasteiger partial charge on any atom is 0.256 e. The molecule has 4 heterocycles. The van der Waals surface area contributed by atoms with Crippen molar-refractivity contribution in [1.29, 1.82) is 0 Å². The highest BCUT2D eigenvalue weighted by molar-refractivity contribution is 5.94. The third-order valence-corrected chi connectivity index (χ3v) is 5.74. The van der Waals surface area contributed by atoms with E-state index in [4.69, 9.17) is 9.97 Å². The lowest BCUT2D eigenvalue weighted by Gasteiger charge is -2.35. The van der Waals surface area contributed by atoms with E-state index in [9.17, 15) is 4.79 Å². The zero-order valence-corrected chi connectivity index (χ0v) is 18.1. The zero-order valence-electron chi connectivity index (χ0n) is 18.1. The summed E-state index contributed by atoms with van der Waals surface area (Å²) in [6, 6.07) is 19.1. The molecule has 33 heavy (non-hydrogen) atoms. The van der Waals surface area contributed by atoms with Crippen molar-refractivity contribution in [2.75, 3.05) is 11.9 Å². The number of likely N-dealkylation sites (tertiary alicyclic amines) is 1. The standard InChI is InChI=1S/C26H24N6O/c33-26(20-7-6-13-28-18-20)32-16-5-4-10-23(32)25-30-22(19-11-14-27-15-12-19)17-24(31-25)29-21-8-2-1-3-9-21/h1-3,6-9,11-15,17-18,23H,4-5,10,16H2,(H,29,30,31). The van der Waals surface area contributed by atoms with Crippen molar-refractivity contribution < 1.29 is 4.79 Å². The van der Waals surface area contributed by atoms with Gasteiger partial charge in [-0.3, -0.25) is 14.8 Å². The number of para-hydroxylation sites is 1. The average Bonchev–Trinajstić information content (AvgIpc) is 2.90. The maximum absolute atomic E-state index is 13.3. The maximum atomic E-state index is 13.3. The molecule has 0 saturated carbocycles. The molecule has 0 aliphatic carbocycles. The van der Waals surface area contributed by atoms with Gasteiger partial charge in [-0.2, -0.15) is 0 Å². The lowest BCUT2D eigenvalue weighted by Crippen LogP contribution is -2.39. The molecule has 0 radical (unpaired) electrons. The van der Waals surface area contributed by atoms with Gasteiger partial charge in [0.25, 0.3) is 5.91 Å². The number of aromatic nitrogens is 4. The highest BCUT2D eigenvalue weighted by Gasteiger charge is 2.31. The fourth-order valence-corrected chi connectivity index (χ4v) is 4.12. The number of pyridine rings is 2. The van der Waals surface area contributed by atoms with Crippen LogP contribution < -0.4 is 5.32 Å². The Labute approximate surface area is 192 Å². The van der Waals surface area contributed by atoms with Crippen LogP contribution in [0.2, 0.25) is 0 Å². The molecule has 1 N–H and O–H groups in total. The second kappa shape index (κ2) is 9.56. The first-order valence-electron chi connectivity index (χ1n) is 11.1. The van der Waals surface area contributed by atoms with Gasteiger partial charge >= 0.3 is 0 Å². The Morgan fingerprint density at radius 3 is 2.55 bits per heavy atom. The number of carbonyl (C=O) groups is 1. The highest BCUT2D eigenvalue weighted by atomic mass is 16.2. The van der Waals surface area contributed by atoms with E-state index in [-0.39, 0.29) is 11.9 Å². The Morgan fingerprint density at radius 1 is 0.909 bits per heavy atom. The summed E-state index contributed by atoms with van der Waals surface area (Å²) in [6.07, 6.45) is 9.59. The summed E-state index contributed by atoms with van der Waals surface area (Å²) < 4.78 is 0. The average molecular weight is 437 g/mol. The number of piperidine rings is 1. The molecule has 3 aromatic heterocycles. The van der Waals surface area contributed by atoms with Crippen molar-refractivity contribution in [1.82, 2.24) is 24.8 Å². The van der Waals surface area contributed by atoms with E-state index >= 15 is 0 Å². The van der Waals surface area contributed by atoms with Gasteiger partial charge in [0.2, 0.25) is 0 Å². The number of anilines is 2. The molecule has 0 bridgehead atoms. The number of carbonyl (C=O) groups excluding carboxylic acids is 1. The molecular weight excluding hydrogens is 412 g/mol. The summed E-state index contributed by atoms with van der Waals surface area (Å²) in [5, 5.41) is 3.39. The van der Waals surface area contributed by atoms with E-state index < -0.39 is 0 Å². The Kier molecular flexibility index (Phi) is 6.01. The lowest BCUT2D eigenvalue weighted by molar-refractivity contribution is 0.0599. The summed E-state index contributed by atoms with van der Waals surface area (Å²) >= 11 is 0. The van der Waals surface area contributed by atoms with Crippen molar-refractivity contribution in [2.45, 2.75) is 25.3 Å². The van der Waals surface area contributed by atoms with Gasteiger partial charge in [-0.25, -0.2) is 9.97 Å². The van der Waals surface area contributed by atoms with Crippen LogP contribution in [0.15, 0.2) is 85.5 Å². The predicted octanol–water partition coefficient (Wildman–Crippen LogP) is 5.04. The number of nitrogens with one attached hydrogen (secondary N) is 1. The number of benzene rings is 1. The third kappa shape index (κ3) is 4.72. The summed E-state index contributed by atoms with van der Waals surface area (Å²) in [7, 11) is 0. The van der Waals surface area contributed by atoms with E-state index in [1.165, 1.54) is 0 Å². The minimum Gasteiger partial charge on any atom is -0.340 e. The van der Waals surface area contributed by atoms with Gasteiger partial charge in [0.05, 0.1) is 17.3 Å². The second-order valence-corrected chi connectivity index (χ2v) is 7.98. The van der Waals surface area contributed by atoms with E-state index in [0.29, 0.717) is 23.8 Å². The van der Waals surface area contributed by atoms with Crippen molar-refractivity contribution in [3.63, 3.8) is 0 Å². The van der Waals surface area contributed by atoms with Crippen molar-refractivity contribution in [3.05, 3.63) is 96.8 Å². The van der Waals surface area contributed by atoms with E-state index in [2.05, 4.69) is 15.3 Å². The molecule has 0 spiro atoms. The molecule has 7 nitrogen and oxygen atoms in total. The Balaban J connectivity index is 1.55. The van der Waals surface area contributed by atoms with Crippen molar-refractivity contribution in [3.8, 4) is 11.3 Å². The predicted molar refractivity (Wildman–Crippen MR) is 127 cm³/mol. The molecule has 1 aliphatic rings. The molecule has 1 unspecified atom stereocenters. The monoisotopic (exact) mass is 436 g/mol. The van der Waals surface area contributed by atoms with Gasteiger partial charge in [0.15, 0.2) is 5.82 Å². The minimum absolute atomic E-state index is 0.0386. The Morgan fingerprint density at radius 2 is 1.76 bits per heavy atom. The topological polar surface area (TPSA) is 83.9 Å². The van der Waals surface area contributed by atoms with Crippen LogP contribution in [0.4, 0.5) is 11.5 Å². The molecule has 7 heteroatoms. The first kappa shape index (κ1) is 20.8. The largest absolute Gasteiger partial charge is 0.340 e. The molecule has 4 aromatic rings. The van der Waals surface area contributed by atoms with Gasteiger partial charge in [-0.1, -0.05) is 18.2 Å². The fourth-order valence-electron chi connectivity index (χ4n) is 4.12. The summed E-state index contributed by atoms with van der Waals surface area (Å²) in [4.78, 5) is 33.2. The summed E-state index contributed by atoms with van der Waals surface area (Å²) in [5.74, 6) is 1.29. The van der Waals surface area contributed by atoms with Gasteiger partial charge in [-0.05, 0) is 55.7 Å². The number of rotatable bonds is 5. The molecule has 1 saturated heterocycles. The summed E-state index contributed by atoms with van der Waals surface area (Å²) in [5.41, 5.74) is 3.26. The molecule has 1 atom stereocenters. The van der Waals surface area contributed by atoms with Crippen molar-refractivity contribution in [2.24, 2.45) is 0 Å². The number of hydrogen-bond donors (Lipinski definition) is 1. The number of amides is 1. The number of hydrogen-bond acceptors (Lipinski definition) is 6. The van der Waals surface area contributed by atoms with Crippen LogP contribution >= 0.6 is 0 Å². The van der Waals surface area contributed by atoms with Gasteiger partial charge in [-0.15, -0.1) is 0 Å². The van der Waals surface area contributed by atoms with E-state index in [1.807, 2.05) is 53.4 Å². The quantitative estimate of drug-likeness (QED) is 0.472. The normalized spacial score (nSPS) is 15.8. The lowest BCUT2D eigenvalue weighted by atomic mass is 10.00. The van der Waals surface area contributed by atoms with Crippen LogP contribution in [0, 0.1) is 0 Å². The Hall–Kier alpha value is -4.13. The van der Waals surface area contributed by atoms with Crippen LogP contribution in [-0.4, -0.2) is 37.3 Å². The number of nitrogens with zero attached hydrogens (tertiary/aromatic N) is 5. The molecule has 1 fully saturated rings. The zero-order chi connectivity index (χ0) is 22.5. The molecule has 1 aromatic carbocycles. The Bertz CT molecular complexity index is 1220. The minimum atomic E-state index is -0.204. The summed E-state index contributed by atoms with van der Waals surface area (Å²) in [6.45, 7) is 0.669. The molecular formula is C26H24N6O. The molecule has 1 amide bonds. The van der Waals surface area contributed by atoms with Gasteiger partial charge in [0, 0.05) is 48.6 Å². The highest BCUT2D eigenvalue weighted by Crippen LogP contribution is 2.33. The van der Waals surface area contributed by atoms with Gasteiger partial charge < -0.3 is 10.2 Å². The second-order valence-electron chi connectivity index (χ2n) is 7.98. The molecule has 1 aliphatic heterocycles.